The van der Waals surface area contributed by atoms with Gasteiger partial charge in [-0.05, 0) is 13.3 Å². The molecule has 0 aromatic heterocycles. The summed E-state index contributed by atoms with van der Waals surface area (Å²) in [6, 6.07) is 0. The quantitative estimate of drug-likeness (QED) is 0.628. The molecule has 3 nitrogen and oxygen atoms in total. The first kappa shape index (κ1) is 8.68. The molecule has 1 rings (SSSR count). The van der Waals surface area contributed by atoms with Crippen LogP contribution in [0.5, 0.6) is 0 Å². The molecule has 3 heteroatoms. The third kappa shape index (κ3) is 2.99. The van der Waals surface area contributed by atoms with Gasteiger partial charge in [0, 0.05) is 26.1 Å². The smallest absolute Gasteiger partial charge is 0.131 e. The third-order valence-corrected chi connectivity index (χ3v) is 2.03. The van der Waals surface area contributed by atoms with E-state index in [0.717, 1.165) is 26.1 Å². The number of carbonyl (C=O) groups excluding carboxylic acids is 1. The maximum Gasteiger partial charge on any atom is 0.131 e. The lowest BCUT2D eigenvalue weighted by molar-refractivity contribution is -0.117. The zero-order chi connectivity index (χ0) is 8.27. The molecule has 0 bridgehead atoms. The van der Waals surface area contributed by atoms with Gasteiger partial charge in [0.25, 0.3) is 0 Å². The third-order valence-electron chi connectivity index (χ3n) is 2.03. The van der Waals surface area contributed by atoms with Crippen LogP contribution >= 0.6 is 0 Å². The van der Waals surface area contributed by atoms with Gasteiger partial charge >= 0.3 is 0 Å². The van der Waals surface area contributed by atoms with Crippen LogP contribution in [0.15, 0.2) is 0 Å². The Hall–Kier alpha value is -0.410. The number of aliphatic hydroxyl groups is 1. The largest absolute Gasteiger partial charge is 0.392 e. The van der Waals surface area contributed by atoms with Crippen LogP contribution in [0.3, 0.4) is 0 Å². The van der Waals surface area contributed by atoms with Crippen molar-refractivity contribution in [3.05, 3.63) is 0 Å². The van der Waals surface area contributed by atoms with Crippen molar-refractivity contribution in [3.63, 3.8) is 0 Å². The van der Waals surface area contributed by atoms with Gasteiger partial charge in [-0.1, -0.05) is 0 Å². The molecule has 0 aliphatic carbocycles. The highest BCUT2D eigenvalue weighted by Gasteiger charge is 2.19. The second-order valence-corrected chi connectivity index (χ2v) is 3.20. The summed E-state index contributed by atoms with van der Waals surface area (Å²) in [6.07, 6.45) is 1.31. The fourth-order valence-electron chi connectivity index (χ4n) is 1.33. The van der Waals surface area contributed by atoms with Gasteiger partial charge in [0.15, 0.2) is 0 Å². The summed E-state index contributed by atoms with van der Waals surface area (Å²) in [6.45, 7) is 4.10. The Kier molecular flexibility index (Phi) is 3.02. The fraction of sp³-hybridized carbons (Fsp3) is 0.875. The van der Waals surface area contributed by atoms with Gasteiger partial charge in [0.2, 0.25) is 0 Å². The minimum Gasteiger partial charge on any atom is -0.392 e. The second kappa shape index (κ2) is 3.83. The molecule has 0 aromatic carbocycles. The van der Waals surface area contributed by atoms with Gasteiger partial charge in [-0.25, -0.2) is 0 Å². The zero-order valence-corrected chi connectivity index (χ0v) is 6.92. The van der Waals surface area contributed by atoms with Crippen LogP contribution in [-0.2, 0) is 4.79 Å². The summed E-state index contributed by atoms with van der Waals surface area (Å²) >= 11 is 0. The van der Waals surface area contributed by atoms with Gasteiger partial charge in [0.05, 0.1) is 6.10 Å². The molecule has 1 atom stereocenters. The SMILES string of the molecule is CC(=O)CCN1CC[C@@H](O)C1. The van der Waals surface area contributed by atoms with Crippen LogP contribution in [-0.4, -0.2) is 41.5 Å². The number of nitrogens with zero attached hydrogens (tertiary/aromatic N) is 1. The predicted octanol–water partition coefficient (Wildman–Crippen LogP) is 0.0321. The van der Waals surface area contributed by atoms with Crippen LogP contribution < -0.4 is 0 Å². The Morgan fingerprint density at radius 3 is 2.91 bits per heavy atom. The lowest BCUT2D eigenvalue weighted by Crippen LogP contribution is -2.24. The molecule has 0 spiro atoms. The van der Waals surface area contributed by atoms with Crippen molar-refractivity contribution in [1.82, 2.24) is 4.90 Å². The summed E-state index contributed by atoms with van der Waals surface area (Å²) in [5.41, 5.74) is 0. The maximum absolute atomic E-state index is 10.6. The molecule has 64 valence electrons. The highest BCUT2D eigenvalue weighted by Crippen LogP contribution is 2.08. The summed E-state index contributed by atoms with van der Waals surface area (Å²) in [5.74, 6) is 0.228. The van der Waals surface area contributed by atoms with E-state index in [1.54, 1.807) is 6.92 Å². The molecule has 1 heterocycles. The Bertz CT molecular complexity index is 147. The molecule has 1 fully saturated rings. The molecule has 1 N–H and O–H groups in total. The fourth-order valence-corrected chi connectivity index (χ4v) is 1.33. The topological polar surface area (TPSA) is 40.5 Å². The molecular formula is C8H15NO2. The summed E-state index contributed by atoms with van der Waals surface area (Å²) in [4.78, 5) is 12.7. The zero-order valence-electron chi connectivity index (χ0n) is 6.92. The van der Waals surface area contributed by atoms with Crippen LogP contribution in [0.2, 0.25) is 0 Å². The molecule has 0 amide bonds. The molecule has 1 aliphatic heterocycles. The van der Waals surface area contributed by atoms with Crippen molar-refractivity contribution >= 4 is 5.78 Å². The Balaban J connectivity index is 2.13. The van der Waals surface area contributed by atoms with Crippen molar-refractivity contribution in [2.24, 2.45) is 0 Å². The number of carbonyl (C=O) groups is 1. The highest BCUT2D eigenvalue weighted by molar-refractivity contribution is 5.75. The van der Waals surface area contributed by atoms with E-state index in [1.807, 2.05) is 0 Å². The number of rotatable bonds is 3. The van der Waals surface area contributed by atoms with Crippen LogP contribution in [0, 0.1) is 0 Å². The number of hydrogen-bond acceptors (Lipinski definition) is 3. The van der Waals surface area contributed by atoms with E-state index in [4.69, 9.17) is 5.11 Å². The number of ketones is 1. The standard InChI is InChI=1S/C8H15NO2/c1-7(10)2-4-9-5-3-8(11)6-9/h8,11H,2-6H2,1H3/t8-/m1/s1. The van der Waals surface area contributed by atoms with Crippen LogP contribution in [0.4, 0.5) is 0 Å². The van der Waals surface area contributed by atoms with E-state index in [1.165, 1.54) is 0 Å². The minimum atomic E-state index is -0.165. The highest BCUT2D eigenvalue weighted by atomic mass is 16.3. The molecule has 11 heavy (non-hydrogen) atoms. The molecule has 0 unspecified atom stereocenters. The van der Waals surface area contributed by atoms with Crippen molar-refractivity contribution in [1.29, 1.82) is 0 Å². The predicted molar refractivity (Wildman–Crippen MR) is 42.4 cm³/mol. The van der Waals surface area contributed by atoms with Crippen molar-refractivity contribution in [2.75, 3.05) is 19.6 Å². The monoisotopic (exact) mass is 157 g/mol. The number of β-amino-alcohol motifs (C(OH)–C–C–N with tert-alkyl or cyclic N) is 1. The van der Waals surface area contributed by atoms with Crippen LogP contribution in [0.25, 0.3) is 0 Å². The summed E-state index contributed by atoms with van der Waals surface area (Å²) in [5, 5.41) is 9.14. The van der Waals surface area contributed by atoms with E-state index in [2.05, 4.69) is 4.90 Å². The van der Waals surface area contributed by atoms with E-state index in [0.29, 0.717) is 6.42 Å². The van der Waals surface area contributed by atoms with Gasteiger partial charge < -0.3 is 10.0 Å². The van der Waals surface area contributed by atoms with Crippen molar-refractivity contribution in [2.45, 2.75) is 25.9 Å². The summed E-state index contributed by atoms with van der Waals surface area (Å²) < 4.78 is 0. The van der Waals surface area contributed by atoms with Gasteiger partial charge in [-0.15, -0.1) is 0 Å². The average Bonchev–Trinajstić information content (AvgIpc) is 2.31. The minimum absolute atomic E-state index is 0.165. The molecular weight excluding hydrogens is 142 g/mol. The lowest BCUT2D eigenvalue weighted by atomic mass is 10.3. The number of aliphatic hydroxyl groups excluding tert-OH is 1. The first-order valence-electron chi connectivity index (χ1n) is 4.08. The number of likely N-dealkylation sites (tertiary alicyclic amines) is 1. The van der Waals surface area contributed by atoms with E-state index < -0.39 is 0 Å². The average molecular weight is 157 g/mol. The van der Waals surface area contributed by atoms with Gasteiger partial charge in [-0.2, -0.15) is 0 Å². The van der Waals surface area contributed by atoms with Gasteiger partial charge in [-0.3, -0.25) is 4.79 Å². The number of Topliss-reactive ketones (excluding diaryl/α,β-unsaturated/α-hetero) is 1. The maximum atomic E-state index is 10.6. The molecule has 1 saturated heterocycles. The van der Waals surface area contributed by atoms with Crippen LogP contribution in [0.1, 0.15) is 19.8 Å². The second-order valence-electron chi connectivity index (χ2n) is 3.20. The molecule has 0 aromatic rings. The van der Waals surface area contributed by atoms with Gasteiger partial charge in [0.1, 0.15) is 5.78 Å². The first-order valence-corrected chi connectivity index (χ1v) is 4.08. The van der Waals surface area contributed by atoms with E-state index in [-0.39, 0.29) is 11.9 Å². The Morgan fingerprint density at radius 2 is 2.45 bits per heavy atom. The van der Waals surface area contributed by atoms with E-state index >= 15 is 0 Å². The Morgan fingerprint density at radius 1 is 1.73 bits per heavy atom. The van der Waals surface area contributed by atoms with Crippen molar-refractivity contribution in [3.8, 4) is 0 Å². The molecule has 1 aliphatic rings. The molecule has 0 radical (unpaired) electrons. The molecule has 0 saturated carbocycles. The van der Waals surface area contributed by atoms with Crippen molar-refractivity contribution < 1.29 is 9.90 Å². The normalized spacial score (nSPS) is 25.8. The van der Waals surface area contributed by atoms with E-state index in [9.17, 15) is 4.79 Å². The lowest BCUT2D eigenvalue weighted by Gasteiger charge is -2.12. The summed E-state index contributed by atoms with van der Waals surface area (Å²) in [7, 11) is 0. The Labute approximate surface area is 67.0 Å². The number of hydrogen-bond donors (Lipinski definition) is 1. The first-order chi connectivity index (χ1) is 5.18.